The van der Waals surface area contributed by atoms with Gasteiger partial charge >= 0.3 is 0 Å². The lowest BCUT2D eigenvalue weighted by molar-refractivity contribution is 0.102. The van der Waals surface area contributed by atoms with Crippen LogP contribution >= 0.6 is 0 Å². The molecule has 0 atom stereocenters. The second kappa shape index (κ2) is 4.77. The number of hydrogen-bond acceptors (Lipinski definition) is 2. The third kappa shape index (κ3) is 2.25. The lowest BCUT2D eigenvalue weighted by atomic mass is 10.1. The number of aromatic nitrogens is 2. The van der Waals surface area contributed by atoms with Gasteiger partial charge in [0.05, 0.1) is 17.3 Å². The summed E-state index contributed by atoms with van der Waals surface area (Å²) >= 11 is 0. The van der Waals surface area contributed by atoms with Gasteiger partial charge in [0.15, 0.2) is 0 Å². The summed E-state index contributed by atoms with van der Waals surface area (Å²) in [6.07, 6.45) is 1.70. The van der Waals surface area contributed by atoms with Crippen molar-refractivity contribution in [3.8, 4) is 0 Å². The van der Waals surface area contributed by atoms with Crippen LogP contribution in [0.5, 0.6) is 0 Å². The summed E-state index contributed by atoms with van der Waals surface area (Å²) in [5.74, 6) is -0.994. The molecule has 0 radical (unpaired) electrons. The van der Waals surface area contributed by atoms with E-state index < -0.39 is 11.7 Å². The Bertz CT molecular complexity index is 795. The average molecular weight is 269 g/mol. The summed E-state index contributed by atoms with van der Waals surface area (Å²) in [7, 11) is 0. The molecule has 0 unspecified atom stereocenters. The summed E-state index contributed by atoms with van der Waals surface area (Å²) in [5, 5.41) is 10.3. The van der Waals surface area contributed by atoms with Crippen molar-refractivity contribution < 1.29 is 9.18 Å². The fourth-order valence-corrected chi connectivity index (χ4v) is 2.02. The Morgan fingerprint density at radius 1 is 1.25 bits per heavy atom. The van der Waals surface area contributed by atoms with Crippen molar-refractivity contribution in [1.29, 1.82) is 0 Å². The molecule has 0 fully saturated rings. The SMILES string of the molecule is Cc1ccc(C(=O)Nc2ccc3cn[nH]c3c2)c(F)c1. The average Bonchev–Trinajstić information content (AvgIpc) is 2.85. The highest BCUT2D eigenvalue weighted by atomic mass is 19.1. The topological polar surface area (TPSA) is 57.8 Å². The first-order valence-corrected chi connectivity index (χ1v) is 6.14. The number of nitrogens with one attached hydrogen (secondary N) is 2. The third-order valence-corrected chi connectivity index (χ3v) is 3.07. The van der Waals surface area contributed by atoms with E-state index >= 15 is 0 Å². The fourth-order valence-electron chi connectivity index (χ4n) is 2.02. The van der Waals surface area contributed by atoms with Gasteiger partial charge in [0, 0.05) is 11.1 Å². The number of halogens is 1. The first kappa shape index (κ1) is 12.3. The van der Waals surface area contributed by atoms with Gasteiger partial charge in [-0.1, -0.05) is 6.07 Å². The molecule has 0 saturated carbocycles. The predicted molar refractivity (Wildman–Crippen MR) is 75.2 cm³/mol. The second-order valence-electron chi connectivity index (χ2n) is 4.61. The lowest BCUT2D eigenvalue weighted by Gasteiger charge is -2.06. The van der Waals surface area contributed by atoms with Crippen LogP contribution in [0.15, 0.2) is 42.6 Å². The minimum absolute atomic E-state index is 0.0281. The van der Waals surface area contributed by atoms with Gasteiger partial charge in [-0.05, 0) is 42.8 Å². The Morgan fingerprint density at radius 2 is 2.10 bits per heavy atom. The number of benzene rings is 2. The maximum Gasteiger partial charge on any atom is 0.258 e. The zero-order valence-corrected chi connectivity index (χ0v) is 10.8. The molecule has 0 spiro atoms. The first-order chi connectivity index (χ1) is 9.63. The molecule has 1 amide bonds. The van der Waals surface area contributed by atoms with E-state index in [0.717, 1.165) is 16.5 Å². The number of hydrogen-bond donors (Lipinski definition) is 2. The number of H-pyrrole nitrogens is 1. The quantitative estimate of drug-likeness (QED) is 0.750. The molecule has 0 saturated heterocycles. The largest absolute Gasteiger partial charge is 0.322 e. The maximum absolute atomic E-state index is 13.7. The molecule has 0 aliphatic carbocycles. The molecule has 100 valence electrons. The molecule has 1 heterocycles. The summed E-state index contributed by atoms with van der Waals surface area (Å²) in [6, 6.07) is 9.87. The fraction of sp³-hybridized carbons (Fsp3) is 0.0667. The van der Waals surface area contributed by atoms with Crippen LogP contribution in [-0.2, 0) is 0 Å². The van der Waals surface area contributed by atoms with Crippen molar-refractivity contribution in [2.45, 2.75) is 6.92 Å². The minimum atomic E-state index is -0.523. The number of carbonyl (C=O) groups excluding carboxylic acids is 1. The van der Waals surface area contributed by atoms with Crippen LogP contribution in [0.3, 0.4) is 0 Å². The molecule has 3 rings (SSSR count). The highest BCUT2D eigenvalue weighted by Crippen LogP contribution is 2.18. The summed E-state index contributed by atoms with van der Waals surface area (Å²) < 4.78 is 13.7. The molecular weight excluding hydrogens is 257 g/mol. The van der Waals surface area contributed by atoms with Gasteiger partial charge in [0.25, 0.3) is 5.91 Å². The van der Waals surface area contributed by atoms with Crippen LogP contribution in [0.2, 0.25) is 0 Å². The van der Waals surface area contributed by atoms with Crippen molar-refractivity contribution >= 4 is 22.5 Å². The molecule has 2 N–H and O–H groups in total. The van der Waals surface area contributed by atoms with Crippen molar-refractivity contribution in [2.24, 2.45) is 0 Å². The lowest BCUT2D eigenvalue weighted by Crippen LogP contribution is -2.13. The molecule has 0 aliphatic heterocycles. The normalized spacial score (nSPS) is 10.7. The van der Waals surface area contributed by atoms with Crippen molar-refractivity contribution in [2.75, 3.05) is 5.32 Å². The Balaban J connectivity index is 1.87. The zero-order chi connectivity index (χ0) is 14.1. The van der Waals surface area contributed by atoms with Gasteiger partial charge < -0.3 is 5.32 Å². The monoisotopic (exact) mass is 269 g/mol. The highest BCUT2D eigenvalue weighted by Gasteiger charge is 2.12. The molecule has 1 aromatic heterocycles. The molecule has 0 aliphatic rings. The Morgan fingerprint density at radius 3 is 2.90 bits per heavy atom. The zero-order valence-electron chi connectivity index (χ0n) is 10.8. The van der Waals surface area contributed by atoms with E-state index in [2.05, 4.69) is 15.5 Å². The number of amides is 1. The number of fused-ring (bicyclic) bond motifs is 1. The van der Waals surface area contributed by atoms with E-state index in [1.54, 1.807) is 31.3 Å². The van der Waals surface area contributed by atoms with Gasteiger partial charge in [-0.2, -0.15) is 5.10 Å². The van der Waals surface area contributed by atoms with Crippen molar-refractivity contribution in [3.05, 3.63) is 59.5 Å². The first-order valence-electron chi connectivity index (χ1n) is 6.14. The Labute approximate surface area is 114 Å². The number of anilines is 1. The van der Waals surface area contributed by atoms with Crippen LogP contribution in [0, 0.1) is 12.7 Å². The maximum atomic E-state index is 13.7. The molecule has 2 aromatic carbocycles. The molecule has 5 heteroatoms. The van der Waals surface area contributed by atoms with E-state index in [-0.39, 0.29) is 5.56 Å². The molecule has 20 heavy (non-hydrogen) atoms. The molecule has 4 nitrogen and oxygen atoms in total. The van der Waals surface area contributed by atoms with E-state index in [4.69, 9.17) is 0 Å². The number of aromatic amines is 1. The van der Waals surface area contributed by atoms with Gasteiger partial charge in [0.1, 0.15) is 5.82 Å². The molecule has 3 aromatic rings. The van der Waals surface area contributed by atoms with E-state index in [0.29, 0.717) is 5.69 Å². The third-order valence-electron chi connectivity index (χ3n) is 3.07. The van der Waals surface area contributed by atoms with Crippen molar-refractivity contribution in [3.63, 3.8) is 0 Å². The number of carbonyl (C=O) groups is 1. The van der Waals surface area contributed by atoms with Gasteiger partial charge in [0.2, 0.25) is 0 Å². The Hall–Kier alpha value is -2.69. The van der Waals surface area contributed by atoms with Gasteiger partial charge in [-0.15, -0.1) is 0 Å². The summed E-state index contributed by atoms with van der Waals surface area (Å²) in [4.78, 5) is 12.0. The van der Waals surface area contributed by atoms with Crippen molar-refractivity contribution in [1.82, 2.24) is 10.2 Å². The predicted octanol–water partition coefficient (Wildman–Crippen LogP) is 3.26. The van der Waals surface area contributed by atoms with Crippen LogP contribution in [0.1, 0.15) is 15.9 Å². The van der Waals surface area contributed by atoms with Gasteiger partial charge in [-0.25, -0.2) is 4.39 Å². The van der Waals surface area contributed by atoms with Crippen LogP contribution in [0.25, 0.3) is 10.9 Å². The van der Waals surface area contributed by atoms with E-state index in [9.17, 15) is 9.18 Å². The standard InChI is InChI=1S/C15H12FN3O/c1-9-2-5-12(13(16)6-9)15(20)18-11-4-3-10-8-17-19-14(10)7-11/h2-8H,1H3,(H,17,19)(H,18,20). The smallest absolute Gasteiger partial charge is 0.258 e. The Kier molecular flexibility index (Phi) is 2.95. The van der Waals surface area contributed by atoms with Crippen LogP contribution < -0.4 is 5.32 Å². The van der Waals surface area contributed by atoms with Crippen LogP contribution in [-0.4, -0.2) is 16.1 Å². The highest BCUT2D eigenvalue weighted by molar-refractivity contribution is 6.05. The van der Waals surface area contributed by atoms with E-state index in [1.807, 2.05) is 6.07 Å². The van der Waals surface area contributed by atoms with E-state index in [1.165, 1.54) is 12.1 Å². The number of aryl methyl sites for hydroxylation is 1. The molecule has 0 bridgehead atoms. The summed E-state index contributed by atoms with van der Waals surface area (Å²) in [6.45, 7) is 1.77. The van der Waals surface area contributed by atoms with Gasteiger partial charge in [-0.3, -0.25) is 9.89 Å². The van der Waals surface area contributed by atoms with Crippen LogP contribution in [0.4, 0.5) is 10.1 Å². The number of rotatable bonds is 2. The molecular formula is C15H12FN3O. The number of nitrogens with zero attached hydrogens (tertiary/aromatic N) is 1. The summed E-state index contributed by atoms with van der Waals surface area (Å²) in [5.41, 5.74) is 2.21. The second-order valence-corrected chi connectivity index (χ2v) is 4.61. The minimum Gasteiger partial charge on any atom is -0.322 e.